The first-order valence-electron chi connectivity index (χ1n) is 9.44. The summed E-state index contributed by atoms with van der Waals surface area (Å²) in [5.41, 5.74) is 3.35. The lowest BCUT2D eigenvalue weighted by Gasteiger charge is -2.29. The highest BCUT2D eigenvalue weighted by molar-refractivity contribution is 5.91. The van der Waals surface area contributed by atoms with E-state index >= 15 is 0 Å². The molecular formula is C20H24N6O2. The minimum absolute atomic E-state index is 0.122. The summed E-state index contributed by atoms with van der Waals surface area (Å²) in [6.45, 7) is 8.65. The molecule has 0 spiro atoms. The van der Waals surface area contributed by atoms with Crippen LogP contribution in [0.15, 0.2) is 39.0 Å². The van der Waals surface area contributed by atoms with Gasteiger partial charge in [0.25, 0.3) is 5.56 Å². The summed E-state index contributed by atoms with van der Waals surface area (Å²) in [5, 5.41) is 6.55. The highest BCUT2D eigenvalue weighted by atomic mass is 16.2. The summed E-state index contributed by atoms with van der Waals surface area (Å²) in [6, 6.07) is 8.00. The Labute approximate surface area is 162 Å². The number of benzene rings is 1. The first kappa shape index (κ1) is 18.2. The molecule has 1 aliphatic heterocycles. The molecule has 8 nitrogen and oxygen atoms in total. The van der Waals surface area contributed by atoms with E-state index in [0.29, 0.717) is 30.2 Å². The number of nitrogens with zero attached hydrogens (tertiary/aromatic N) is 6. The Morgan fingerprint density at radius 1 is 1.14 bits per heavy atom. The van der Waals surface area contributed by atoms with Gasteiger partial charge in [0.05, 0.1) is 18.3 Å². The zero-order chi connectivity index (χ0) is 20.2. The maximum atomic E-state index is 13.1. The van der Waals surface area contributed by atoms with Gasteiger partial charge in [-0.1, -0.05) is 24.3 Å². The topological polar surface area (TPSA) is 77.4 Å². The summed E-state index contributed by atoms with van der Waals surface area (Å²) >= 11 is 0. The molecule has 0 radical (unpaired) electrons. The highest BCUT2D eigenvalue weighted by Gasteiger charge is 2.30. The number of fused-ring (bicyclic) bond motifs is 3. The SMILES string of the molecule is CCn1c(=O)c2c(nc3n2[C@@H](C)C(C)=NN3Cc2ccccc2C)n(C)c1=O. The van der Waals surface area contributed by atoms with E-state index in [-0.39, 0.29) is 17.3 Å². The minimum atomic E-state index is -0.355. The van der Waals surface area contributed by atoms with E-state index in [1.807, 2.05) is 35.6 Å². The maximum Gasteiger partial charge on any atom is 0.332 e. The molecule has 0 fully saturated rings. The third-order valence-electron chi connectivity index (χ3n) is 5.56. The molecule has 1 atom stereocenters. The predicted octanol–water partition coefficient (Wildman–Crippen LogP) is 2.18. The molecule has 0 N–H and O–H groups in total. The van der Waals surface area contributed by atoms with Crippen LogP contribution in [0.25, 0.3) is 11.2 Å². The second-order valence-electron chi connectivity index (χ2n) is 7.25. The Morgan fingerprint density at radius 3 is 2.54 bits per heavy atom. The quantitative estimate of drug-likeness (QED) is 0.698. The summed E-state index contributed by atoms with van der Waals surface area (Å²) in [7, 11) is 1.65. The van der Waals surface area contributed by atoms with Gasteiger partial charge in [0.1, 0.15) is 0 Å². The Balaban J connectivity index is 1.99. The van der Waals surface area contributed by atoms with Gasteiger partial charge in [-0.25, -0.2) is 9.80 Å². The van der Waals surface area contributed by atoms with Gasteiger partial charge < -0.3 is 0 Å². The molecular weight excluding hydrogens is 356 g/mol. The van der Waals surface area contributed by atoms with Crippen molar-refractivity contribution in [2.45, 2.75) is 46.8 Å². The Kier molecular flexibility index (Phi) is 4.21. The smallest absolute Gasteiger partial charge is 0.294 e. The van der Waals surface area contributed by atoms with Crippen molar-refractivity contribution in [1.29, 1.82) is 0 Å². The van der Waals surface area contributed by atoms with Crippen LogP contribution >= 0.6 is 0 Å². The van der Waals surface area contributed by atoms with Gasteiger partial charge in [0.15, 0.2) is 11.2 Å². The average molecular weight is 380 g/mol. The van der Waals surface area contributed by atoms with Crippen molar-refractivity contribution in [2.75, 3.05) is 5.01 Å². The second kappa shape index (κ2) is 6.47. The molecule has 2 aromatic heterocycles. The van der Waals surface area contributed by atoms with Crippen molar-refractivity contribution in [2.24, 2.45) is 12.1 Å². The van der Waals surface area contributed by atoms with Crippen molar-refractivity contribution < 1.29 is 0 Å². The Hall–Kier alpha value is -3.16. The number of hydrazone groups is 1. The molecule has 0 saturated heterocycles. The van der Waals surface area contributed by atoms with E-state index in [9.17, 15) is 9.59 Å². The molecule has 0 bridgehead atoms. The van der Waals surface area contributed by atoms with Crippen molar-refractivity contribution in [1.82, 2.24) is 18.7 Å². The van der Waals surface area contributed by atoms with Gasteiger partial charge in [-0.2, -0.15) is 10.1 Å². The number of hydrogen-bond donors (Lipinski definition) is 0. The molecule has 3 aromatic rings. The first-order valence-corrected chi connectivity index (χ1v) is 9.44. The molecule has 8 heteroatoms. The van der Waals surface area contributed by atoms with Crippen molar-refractivity contribution in [3.63, 3.8) is 0 Å². The fourth-order valence-corrected chi connectivity index (χ4v) is 3.72. The van der Waals surface area contributed by atoms with E-state index in [1.54, 1.807) is 14.0 Å². The third kappa shape index (κ3) is 2.51. The van der Waals surface area contributed by atoms with Gasteiger partial charge in [-0.05, 0) is 38.8 Å². The van der Waals surface area contributed by atoms with E-state index < -0.39 is 0 Å². The second-order valence-corrected chi connectivity index (χ2v) is 7.25. The standard InChI is InChI=1S/C20H24N6O2/c1-6-24-18(27)16-17(23(5)20(24)28)21-19-25(22-13(3)14(4)26(16)19)11-15-10-8-7-9-12(15)2/h7-10,14H,6,11H2,1-5H3/t14-/m0/s1. The monoisotopic (exact) mass is 380 g/mol. The van der Waals surface area contributed by atoms with Crippen LogP contribution in [-0.2, 0) is 20.1 Å². The fourth-order valence-electron chi connectivity index (χ4n) is 3.72. The summed E-state index contributed by atoms with van der Waals surface area (Å²) in [4.78, 5) is 30.3. The third-order valence-corrected chi connectivity index (χ3v) is 5.56. The Morgan fingerprint density at radius 2 is 1.86 bits per heavy atom. The van der Waals surface area contributed by atoms with Crippen molar-refractivity contribution >= 4 is 22.8 Å². The number of imidazole rings is 1. The van der Waals surface area contributed by atoms with Crippen LogP contribution in [0, 0.1) is 6.92 Å². The number of anilines is 1. The molecule has 0 saturated carbocycles. The van der Waals surface area contributed by atoms with Crippen LogP contribution in [0.1, 0.15) is 37.9 Å². The molecule has 28 heavy (non-hydrogen) atoms. The molecule has 4 rings (SSSR count). The van der Waals surface area contributed by atoms with Crippen LogP contribution in [0.5, 0.6) is 0 Å². The van der Waals surface area contributed by atoms with E-state index in [4.69, 9.17) is 5.10 Å². The zero-order valence-corrected chi connectivity index (χ0v) is 16.8. The molecule has 146 valence electrons. The predicted molar refractivity (Wildman–Crippen MR) is 110 cm³/mol. The number of rotatable bonds is 3. The lowest BCUT2D eigenvalue weighted by atomic mass is 10.1. The van der Waals surface area contributed by atoms with E-state index in [1.165, 1.54) is 9.13 Å². The first-order chi connectivity index (χ1) is 13.3. The van der Waals surface area contributed by atoms with E-state index in [0.717, 1.165) is 16.8 Å². The fraction of sp³-hybridized carbons (Fsp3) is 0.400. The highest BCUT2D eigenvalue weighted by Crippen LogP contribution is 2.31. The van der Waals surface area contributed by atoms with Crippen LogP contribution in [-0.4, -0.2) is 24.4 Å². The molecule has 3 heterocycles. The lowest BCUT2D eigenvalue weighted by molar-refractivity contribution is 0.618. The largest absolute Gasteiger partial charge is 0.332 e. The lowest BCUT2D eigenvalue weighted by Crippen LogP contribution is -2.40. The van der Waals surface area contributed by atoms with Crippen LogP contribution < -0.4 is 16.3 Å². The molecule has 1 aliphatic rings. The molecule has 0 unspecified atom stereocenters. The van der Waals surface area contributed by atoms with Crippen LogP contribution in [0.3, 0.4) is 0 Å². The van der Waals surface area contributed by atoms with Gasteiger partial charge in [-0.3, -0.25) is 18.5 Å². The van der Waals surface area contributed by atoms with Gasteiger partial charge >= 0.3 is 5.69 Å². The number of aromatic nitrogens is 4. The zero-order valence-electron chi connectivity index (χ0n) is 16.8. The molecule has 0 aliphatic carbocycles. The minimum Gasteiger partial charge on any atom is -0.294 e. The van der Waals surface area contributed by atoms with Gasteiger partial charge in [-0.15, -0.1) is 0 Å². The molecule has 1 aromatic carbocycles. The summed E-state index contributed by atoms with van der Waals surface area (Å²) in [6.07, 6.45) is 0. The molecule has 0 amide bonds. The summed E-state index contributed by atoms with van der Waals surface area (Å²) in [5.74, 6) is 0.581. The maximum absolute atomic E-state index is 13.1. The normalized spacial score (nSPS) is 16.4. The van der Waals surface area contributed by atoms with Crippen molar-refractivity contribution in [3.05, 3.63) is 56.2 Å². The van der Waals surface area contributed by atoms with Crippen molar-refractivity contribution in [3.8, 4) is 0 Å². The summed E-state index contributed by atoms with van der Waals surface area (Å²) < 4.78 is 4.60. The number of hydrogen-bond acceptors (Lipinski definition) is 5. The van der Waals surface area contributed by atoms with Crippen LogP contribution in [0.4, 0.5) is 5.95 Å². The average Bonchev–Trinajstić information content (AvgIpc) is 3.08. The van der Waals surface area contributed by atoms with Gasteiger partial charge in [0, 0.05) is 13.6 Å². The van der Waals surface area contributed by atoms with Crippen LogP contribution in [0.2, 0.25) is 0 Å². The Bertz CT molecular complexity index is 1230. The number of aryl methyl sites for hydroxylation is 2. The van der Waals surface area contributed by atoms with E-state index in [2.05, 4.69) is 24.0 Å². The van der Waals surface area contributed by atoms with Gasteiger partial charge in [0.2, 0.25) is 5.95 Å².